The second kappa shape index (κ2) is 5.54. The molecular weight excluding hydrogens is 272 g/mol. The maximum atomic E-state index is 11.1. The number of benzene rings is 1. The van der Waals surface area contributed by atoms with Crippen LogP contribution in [-0.2, 0) is 6.54 Å². The molecule has 0 aliphatic rings. The monoisotopic (exact) mass is 290 g/mol. The Bertz CT molecular complexity index is 643. The molecule has 0 aliphatic heterocycles. The Morgan fingerprint density at radius 1 is 1.25 bits per heavy atom. The van der Waals surface area contributed by atoms with Crippen LogP contribution in [-0.4, -0.2) is 11.1 Å². The molecule has 1 heterocycles. The van der Waals surface area contributed by atoms with E-state index in [9.17, 15) is 4.79 Å². The van der Waals surface area contributed by atoms with Crippen LogP contribution in [0.1, 0.15) is 31.2 Å². The van der Waals surface area contributed by atoms with E-state index >= 15 is 0 Å². The van der Waals surface area contributed by atoms with Crippen LogP contribution in [0.4, 0.5) is 11.4 Å². The van der Waals surface area contributed by atoms with E-state index in [1.165, 1.54) is 15.3 Å². The van der Waals surface area contributed by atoms with E-state index in [2.05, 4.69) is 25.2 Å². The highest BCUT2D eigenvalue weighted by atomic mass is 32.1. The van der Waals surface area contributed by atoms with E-state index < -0.39 is 5.97 Å². The third-order valence-corrected chi connectivity index (χ3v) is 4.45. The summed E-state index contributed by atoms with van der Waals surface area (Å²) in [5, 5.41) is 12.4. The molecule has 2 aromatic rings. The van der Waals surface area contributed by atoms with Gasteiger partial charge in [0.25, 0.3) is 0 Å². The minimum Gasteiger partial charge on any atom is -0.478 e. The molecule has 0 amide bonds. The molecule has 0 bridgehead atoms. The van der Waals surface area contributed by atoms with Gasteiger partial charge in [-0.3, -0.25) is 0 Å². The zero-order valence-corrected chi connectivity index (χ0v) is 12.6. The minimum atomic E-state index is -1.00. The first-order valence-corrected chi connectivity index (χ1v) is 7.13. The number of nitrogen functional groups attached to an aromatic ring is 1. The SMILES string of the molecule is Cc1cc(CNc2cc(C)c(N)c(C(=O)O)c2)sc1C. The van der Waals surface area contributed by atoms with Gasteiger partial charge in [0.15, 0.2) is 0 Å². The van der Waals surface area contributed by atoms with Gasteiger partial charge in [0, 0.05) is 27.7 Å². The second-order valence-corrected chi connectivity index (χ2v) is 6.21. The lowest BCUT2D eigenvalue weighted by Crippen LogP contribution is -2.06. The van der Waals surface area contributed by atoms with Crippen LogP contribution in [0, 0.1) is 20.8 Å². The molecule has 0 spiro atoms. The summed E-state index contributed by atoms with van der Waals surface area (Å²) in [6.07, 6.45) is 0. The fourth-order valence-corrected chi connectivity index (χ4v) is 3.00. The molecule has 0 fully saturated rings. The lowest BCUT2D eigenvalue weighted by Gasteiger charge is -2.10. The van der Waals surface area contributed by atoms with Crippen LogP contribution in [0.3, 0.4) is 0 Å². The molecule has 0 radical (unpaired) electrons. The van der Waals surface area contributed by atoms with Crippen molar-refractivity contribution in [2.45, 2.75) is 27.3 Å². The molecule has 0 saturated carbocycles. The molecule has 0 unspecified atom stereocenters. The predicted molar refractivity (Wildman–Crippen MR) is 83.7 cm³/mol. The highest BCUT2D eigenvalue weighted by molar-refractivity contribution is 7.12. The van der Waals surface area contributed by atoms with E-state index in [0.717, 1.165) is 11.3 Å². The summed E-state index contributed by atoms with van der Waals surface area (Å²) in [5.74, 6) is -1.00. The van der Waals surface area contributed by atoms with Crippen LogP contribution in [0.15, 0.2) is 18.2 Å². The van der Waals surface area contributed by atoms with Crippen LogP contribution in [0.5, 0.6) is 0 Å². The Morgan fingerprint density at radius 2 is 1.95 bits per heavy atom. The summed E-state index contributed by atoms with van der Waals surface area (Å²) in [7, 11) is 0. The number of hydrogen-bond acceptors (Lipinski definition) is 4. The largest absolute Gasteiger partial charge is 0.478 e. The molecular formula is C15H18N2O2S. The number of hydrogen-bond donors (Lipinski definition) is 3. The van der Waals surface area contributed by atoms with Crippen molar-refractivity contribution >= 4 is 28.7 Å². The van der Waals surface area contributed by atoms with E-state index in [1.54, 1.807) is 17.4 Å². The molecule has 1 aromatic carbocycles. The molecule has 2 rings (SSSR count). The maximum absolute atomic E-state index is 11.1. The number of nitrogens with two attached hydrogens (primary N) is 1. The van der Waals surface area contributed by atoms with Crippen molar-refractivity contribution in [2.24, 2.45) is 0 Å². The smallest absolute Gasteiger partial charge is 0.337 e. The van der Waals surface area contributed by atoms with E-state index in [4.69, 9.17) is 10.8 Å². The van der Waals surface area contributed by atoms with Crippen molar-refractivity contribution < 1.29 is 9.90 Å². The molecule has 5 heteroatoms. The van der Waals surface area contributed by atoms with Gasteiger partial charge >= 0.3 is 5.97 Å². The quantitative estimate of drug-likeness (QED) is 0.752. The van der Waals surface area contributed by atoms with Gasteiger partial charge in [-0.25, -0.2) is 4.79 Å². The van der Waals surface area contributed by atoms with Gasteiger partial charge in [0.2, 0.25) is 0 Å². The van der Waals surface area contributed by atoms with Crippen LogP contribution in [0.2, 0.25) is 0 Å². The summed E-state index contributed by atoms with van der Waals surface area (Å²) in [6.45, 7) is 6.68. The zero-order chi connectivity index (χ0) is 14.9. The third kappa shape index (κ3) is 2.93. The summed E-state index contributed by atoms with van der Waals surface area (Å²) in [6, 6.07) is 5.60. The van der Waals surface area contributed by atoms with Crippen LogP contribution < -0.4 is 11.1 Å². The lowest BCUT2D eigenvalue weighted by molar-refractivity contribution is 0.0698. The van der Waals surface area contributed by atoms with Gasteiger partial charge in [-0.05, 0) is 50.1 Å². The first-order valence-electron chi connectivity index (χ1n) is 6.31. The Balaban J connectivity index is 2.19. The van der Waals surface area contributed by atoms with Gasteiger partial charge in [-0.15, -0.1) is 11.3 Å². The zero-order valence-electron chi connectivity index (χ0n) is 11.8. The standard InChI is InChI=1S/C15H18N2O2S/c1-8-5-12(20-10(8)3)7-17-11-4-9(2)14(16)13(6-11)15(18)19/h4-6,17H,7,16H2,1-3H3,(H,18,19). The minimum absolute atomic E-state index is 0.144. The van der Waals surface area contributed by atoms with Crippen molar-refractivity contribution in [1.82, 2.24) is 0 Å². The number of aryl methyl sites for hydroxylation is 3. The van der Waals surface area contributed by atoms with E-state index in [0.29, 0.717) is 12.2 Å². The molecule has 4 N–H and O–H groups in total. The number of carbonyl (C=O) groups is 1. The lowest BCUT2D eigenvalue weighted by atomic mass is 10.1. The van der Waals surface area contributed by atoms with Gasteiger partial charge < -0.3 is 16.2 Å². The van der Waals surface area contributed by atoms with Crippen molar-refractivity contribution in [3.63, 3.8) is 0 Å². The number of carboxylic acid groups (broad SMARTS) is 1. The predicted octanol–water partition coefficient (Wildman–Crippen LogP) is 3.57. The van der Waals surface area contributed by atoms with Crippen molar-refractivity contribution in [3.05, 3.63) is 44.6 Å². The van der Waals surface area contributed by atoms with Crippen LogP contribution >= 0.6 is 11.3 Å². The molecule has 0 saturated heterocycles. The average Bonchev–Trinajstić information content (AvgIpc) is 2.69. The van der Waals surface area contributed by atoms with E-state index in [1.807, 2.05) is 13.0 Å². The summed E-state index contributed by atoms with van der Waals surface area (Å²) in [4.78, 5) is 13.7. The highest BCUT2D eigenvalue weighted by Crippen LogP contribution is 2.25. The number of anilines is 2. The fraction of sp³-hybridized carbons (Fsp3) is 0.267. The number of aromatic carboxylic acids is 1. The Labute approximate surface area is 122 Å². The fourth-order valence-electron chi connectivity index (χ4n) is 2.00. The summed E-state index contributed by atoms with van der Waals surface area (Å²) < 4.78 is 0. The van der Waals surface area contributed by atoms with Gasteiger partial charge in [0.1, 0.15) is 0 Å². The molecule has 0 aliphatic carbocycles. The van der Waals surface area contributed by atoms with Gasteiger partial charge in [-0.2, -0.15) is 0 Å². The van der Waals surface area contributed by atoms with Gasteiger partial charge in [0.05, 0.1) is 5.56 Å². The Kier molecular flexibility index (Phi) is 3.99. The summed E-state index contributed by atoms with van der Waals surface area (Å²) in [5.41, 5.74) is 9.07. The number of rotatable bonds is 4. The van der Waals surface area contributed by atoms with Crippen molar-refractivity contribution in [2.75, 3.05) is 11.1 Å². The normalized spacial score (nSPS) is 10.6. The Hall–Kier alpha value is -2.01. The van der Waals surface area contributed by atoms with Crippen LogP contribution in [0.25, 0.3) is 0 Å². The molecule has 4 nitrogen and oxygen atoms in total. The topological polar surface area (TPSA) is 75.3 Å². The van der Waals surface area contributed by atoms with Crippen molar-refractivity contribution in [1.29, 1.82) is 0 Å². The summed E-state index contributed by atoms with van der Waals surface area (Å²) >= 11 is 1.75. The third-order valence-electron chi connectivity index (χ3n) is 3.30. The van der Waals surface area contributed by atoms with E-state index in [-0.39, 0.29) is 5.56 Å². The average molecular weight is 290 g/mol. The highest BCUT2D eigenvalue weighted by Gasteiger charge is 2.11. The number of thiophene rings is 1. The number of carboxylic acids is 1. The first-order chi connectivity index (χ1) is 9.38. The molecule has 1 aromatic heterocycles. The second-order valence-electron chi connectivity index (χ2n) is 4.86. The van der Waals surface area contributed by atoms with Gasteiger partial charge in [-0.1, -0.05) is 0 Å². The molecule has 0 atom stereocenters. The Morgan fingerprint density at radius 3 is 2.50 bits per heavy atom. The molecule has 106 valence electrons. The molecule has 20 heavy (non-hydrogen) atoms. The maximum Gasteiger partial charge on any atom is 0.337 e. The van der Waals surface area contributed by atoms with Crippen molar-refractivity contribution in [3.8, 4) is 0 Å². The number of nitrogens with one attached hydrogen (secondary N) is 1. The first kappa shape index (κ1) is 14.4.